The van der Waals surface area contributed by atoms with Crippen LogP contribution in [0, 0.1) is 0 Å². The fraction of sp³-hybridized carbons (Fsp3) is 0.0645. The molecule has 0 fully saturated rings. The highest BCUT2D eigenvalue weighted by molar-refractivity contribution is 7.99. The lowest BCUT2D eigenvalue weighted by molar-refractivity contribution is 0.549. The number of aromatic nitrogens is 2. The lowest BCUT2D eigenvalue weighted by atomic mass is 9.54. The minimum Gasteiger partial charge on any atom is -0.228 e. The molecule has 10 aromatic rings. The van der Waals surface area contributed by atoms with E-state index >= 15 is 0 Å². The highest BCUT2D eigenvalue weighted by atomic mass is 32.2. The van der Waals surface area contributed by atoms with E-state index in [0.717, 1.165) is 50.3 Å². The molecule has 2 heterocycles. The van der Waals surface area contributed by atoms with Crippen molar-refractivity contribution in [3.8, 4) is 67.3 Å². The first-order valence-electron chi connectivity index (χ1n) is 22.4. The molecule has 308 valence electrons. The number of hydrogen-bond acceptors (Lipinski definition) is 3. The van der Waals surface area contributed by atoms with Crippen LogP contribution in [0.15, 0.2) is 240 Å². The number of nitrogens with zero attached hydrogens (tertiary/aromatic N) is 2. The highest BCUT2D eigenvalue weighted by Crippen LogP contribution is 2.61. The summed E-state index contributed by atoms with van der Waals surface area (Å²) in [6.07, 6.45) is 0. The Labute approximate surface area is 385 Å². The number of benzene rings is 9. The van der Waals surface area contributed by atoms with Crippen LogP contribution in [0.1, 0.15) is 47.2 Å². The molecule has 1 aromatic heterocycles. The average Bonchev–Trinajstić information content (AvgIpc) is 3.38. The SMILES string of the molecule is CC1(C)c2ccccc2C2(c3ccccc3Sc3ccc(-c4cccc(-c5nc(-c6cccc(-c7ccccc7)c6)cc(-c6cccc(-c7ccccc7)c6)n5)c4)cc32)c2ccccc21. The van der Waals surface area contributed by atoms with Crippen LogP contribution in [-0.4, -0.2) is 9.97 Å². The summed E-state index contributed by atoms with van der Waals surface area (Å²) in [4.78, 5) is 13.3. The molecule has 65 heavy (non-hydrogen) atoms. The van der Waals surface area contributed by atoms with Gasteiger partial charge in [0.05, 0.1) is 16.8 Å². The number of fused-ring (bicyclic) bond motifs is 8. The van der Waals surface area contributed by atoms with Crippen LogP contribution < -0.4 is 0 Å². The first-order chi connectivity index (χ1) is 31.9. The molecular weight excluding hydrogens is 805 g/mol. The normalized spacial score (nSPS) is 13.9. The zero-order valence-corrected chi connectivity index (χ0v) is 37.1. The van der Waals surface area contributed by atoms with Crippen molar-refractivity contribution >= 4 is 11.8 Å². The molecule has 1 aliphatic carbocycles. The first-order valence-corrected chi connectivity index (χ1v) is 23.2. The molecule has 0 saturated heterocycles. The summed E-state index contributed by atoms with van der Waals surface area (Å²) in [6, 6.07) is 83.9. The Morgan fingerprint density at radius 2 is 0.692 bits per heavy atom. The van der Waals surface area contributed by atoms with Crippen molar-refractivity contribution in [3.05, 3.63) is 264 Å². The maximum atomic E-state index is 5.36. The van der Waals surface area contributed by atoms with Gasteiger partial charge in [0.25, 0.3) is 0 Å². The molecular formula is C62H44N2S. The van der Waals surface area contributed by atoms with Gasteiger partial charge in [0.1, 0.15) is 0 Å². The summed E-state index contributed by atoms with van der Waals surface area (Å²) < 4.78 is 0. The Morgan fingerprint density at radius 3 is 1.26 bits per heavy atom. The second-order valence-electron chi connectivity index (χ2n) is 17.7. The minimum absolute atomic E-state index is 0.163. The van der Waals surface area contributed by atoms with Crippen LogP contribution in [0.3, 0.4) is 0 Å². The van der Waals surface area contributed by atoms with Crippen LogP contribution in [0.2, 0.25) is 0 Å². The van der Waals surface area contributed by atoms with Gasteiger partial charge in [-0.05, 0) is 109 Å². The third-order valence-electron chi connectivity index (χ3n) is 13.6. The van der Waals surface area contributed by atoms with E-state index in [1.807, 2.05) is 11.8 Å². The molecule has 9 aromatic carbocycles. The Bertz CT molecular complexity index is 3290. The minimum atomic E-state index is -0.498. The van der Waals surface area contributed by atoms with Crippen LogP contribution in [0.25, 0.3) is 67.3 Å². The van der Waals surface area contributed by atoms with E-state index in [4.69, 9.17) is 9.97 Å². The third kappa shape index (κ3) is 6.49. The van der Waals surface area contributed by atoms with Crippen LogP contribution >= 0.6 is 11.8 Å². The Hall–Kier alpha value is -7.59. The molecule has 3 heteroatoms. The van der Waals surface area contributed by atoms with Gasteiger partial charge < -0.3 is 0 Å². The van der Waals surface area contributed by atoms with Gasteiger partial charge in [-0.3, -0.25) is 0 Å². The van der Waals surface area contributed by atoms with Gasteiger partial charge in [-0.1, -0.05) is 214 Å². The molecule has 12 rings (SSSR count). The van der Waals surface area contributed by atoms with Gasteiger partial charge in [-0.25, -0.2) is 9.97 Å². The van der Waals surface area contributed by atoms with E-state index in [1.54, 1.807) is 0 Å². The lowest BCUT2D eigenvalue weighted by Gasteiger charge is -2.50. The van der Waals surface area contributed by atoms with Crippen LogP contribution in [0.4, 0.5) is 0 Å². The van der Waals surface area contributed by atoms with Gasteiger partial charge in [-0.15, -0.1) is 0 Å². The number of hydrogen-bond donors (Lipinski definition) is 0. The Kier molecular flexibility index (Phi) is 9.36. The van der Waals surface area contributed by atoms with E-state index < -0.39 is 5.41 Å². The maximum Gasteiger partial charge on any atom is 0.160 e. The van der Waals surface area contributed by atoms with Crippen LogP contribution in [-0.2, 0) is 10.8 Å². The third-order valence-corrected chi connectivity index (χ3v) is 14.8. The summed E-state index contributed by atoms with van der Waals surface area (Å²) in [5.41, 5.74) is 19.2. The summed E-state index contributed by atoms with van der Waals surface area (Å²) >= 11 is 1.88. The van der Waals surface area contributed by atoms with Gasteiger partial charge in [-0.2, -0.15) is 0 Å². The Balaban J connectivity index is 1.03. The molecule has 0 saturated carbocycles. The van der Waals surface area contributed by atoms with Crippen molar-refractivity contribution in [2.75, 3.05) is 0 Å². The molecule has 0 radical (unpaired) electrons. The maximum absolute atomic E-state index is 5.36. The van der Waals surface area contributed by atoms with E-state index in [9.17, 15) is 0 Å². The van der Waals surface area contributed by atoms with Crippen molar-refractivity contribution in [2.24, 2.45) is 0 Å². The predicted molar refractivity (Wildman–Crippen MR) is 269 cm³/mol. The fourth-order valence-electron chi connectivity index (χ4n) is 10.5. The first kappa shape index (κ1) is 39.0. The summed E-state index contributed by atoms with van der Waals surface area (Å²) in [5, 5.41) is 0. The van der Waals surface area contributed by atoms with Crippen molar-refractivity contribution in [1.29, 1.82) is 0 Å². The quantitative estimate of drug-likeness (QED) is 0.167. The zero-order chi connectivity index (χ0) is 43.5. The molecule has 0 N–H and O–H groups in total. The molecule has 0 unspecified atom stereocenters. The van der Waals surface area contributed by atoms with Crippen LogP contribution in [0.5, 0.6) is 0 Å². The van der Waals surface area contributed by atoms with Crippen molar-refractivity contribution in [1.82, 2.24) is 9.97 Å². The molecule has 2 aliphatic rings. The summed E-state index contributed by atoms with van der Waals surface area (Å²) in [6.45, 7) is 4.76. The molecule has 0 amide bonds. The van der Waals surface area contributed by atoms with E-state index in [-0.39, 0.29) is 5.41 Å². The van der Waals surface area contributed by atoms with E-state index in [2.05, 4.69) is 244 Å². The lowest BCUT2D eigenvalue weighted by Crippen LogP contribution is -2.43. The summed E-state index contributed by atoms with van der Waals surface area (Å²) in [7, 11) is 0. The zero-order valence-electron chi connectivity index (χ0n) is 36.2. The van der Waals surface area contributed by atoms with E-state index in [0.29, 0.717) is 5.82 Å². The van der Waals surface area contributed by atoms with Crippen molar-refractivity contribution < 1.29 is 0 Å². The van der Waals surface area contributed by atoms with Gasteiger partial charge in [0.2, 0.25) is 0 Å². The van der Waals surface area contributed by atoms with Gasteiger partial charge >= 0.3 is 0 Å². The largest absolute Gasteiger partial charge is 0.228 e. The fourth-order valence-corrected chi connectivity index (χ4v) is 11.7. The topological polar surface area (TPSA) is 25.8 Å². The monoisotopic (exact) mass is 848 g/mol. The van der Waals surface area contributed by atoms with Crippen molar-refractivity contribution in [3.63, 3.8) is 0 Å². The van der Waals surface area contributed by atoms with Gasteiger partial charge in [0, 0.05) is 31.9 Å². The molecule has 0 bridgehead atoms. The molecule has 1 aliphatic heterocycles. The highest BCUT2D eigenvalue weighted by Gasteiger charge is 2.52. The average molecular weight is 849 g/mol. The van der Waals surface area contributed by atoms with E-state index in [1.165, 1.54) is 54.3 Å². The van der Waals surface area contributed by atoms with Gasteiger partial charge in [0.15, 0.2) is 5.82 Å². The summed E-state index contributed by atoms with van der Waals surface area (Å²) in [5.74, 6) is 0.686. The Morgan fingerprint density at radius 1 is 0.292 bits per heavy atom. The molecule has 1 spiro atoms. The second kappa shape index (κ2) is 15.6. The second-order valence-corrected chi connectivity index (χ2v) is 18.8. The van der Waals surface area contributed by atoms with Crippen molar-refractivity contribution in [2.45, 2.75) is 34.5 Å². The molecule has 2 nitrogen and oxygen atoms in total. The standard InChI is InChI=1S/C62H44N2S/c1-61(2)50-28-9-11-30-52(50)62(53-31-12-10-29-51(53)61)54-32-13-14-33-58(54)65-59-35-34-46(39-55(59)62)45-24-17-27-49(38-45)60-63-56(47-25-15-22-43(36-47)41-18-5-3-6-19-41)40-57(64-60)48-26-16-23-44(37-48)42-20-7-4-8-21-42/h3-40H,1-2H3. The number of rotatable bonds is 6. The predicted octanol–water partition coefficient (Wildman–Crippen LogP) is 16.0. The smallest absolute Gasteiger partial charge is 0.160 e. The molecule has 0 atom stereocenters.